The van der Waals surface area contributed by atoms with E-state index < -0.39 is 5.97 Å². The number of hydrogen-bond donors (Lipinski definition) is 0. The number of esters is 1. The normalized spacial score (nSPS) is 10.3. The van der Waals surface area contributed by atoms with E-state index >= 15 is 0 Å². The van der Waals surface area contributed by atoms with Gasteiger partial charge in [0, 0.05) is 4.88 Å². The summed E-state index contributed by atoms with van der Waals surface area (Å²) in [4.78, 5) is 17.1. The van der Waals surface area contributed by atoms with Gasteiger partial charge in [0.2, 0.25) is 0 Å². The van der Waals surface area contributed by atoms with Crippen LogP contribution < -0.4 is 9.47 Å². The Morgan fingerprint density at radius 2 is 2.05 bits per heavy atom. The van der Waals surface area contributed by atoms with Gasteiger partial charge in [0.1, 0.15) is 16.5 Å². The molecule has 2 aromatic rings. The zero-order chi connectivity index (χ0) is 15.4. The van der Waals surface area contributed by atoms with Gasteiger partial charge in [0.25, 0.3) is 0 Å². The predicted octanol–water partition coefficient (Wildman–Crippen LogP) is 3.31. The van der Waals surface area contributed by atoms with Crippen molar-refractivity contribution in [1.29, 1.82) is 0 Å². The number of aryl methyl sites for hydroxylation is 1. The van der Waals surface area contributed by atoms with Crippen molar-refractivity contribution in [3.05, 3.63) is 28.8 Å². The van der Waals surface area contributed by atoms with Crippen LogP contribution in [-0.2, 0) is 4.74 Å². The number of aromatic nitrogens is 1. The van der Waals surface area contributed by atoms with Gasteiger partial charge in [0.05, 0.1) is 26.4 Å². The van der Waals surface area contributed by atoms with Crippen LogP contribution in [0.15, 0.2) is 18.2 Å². The lowest BCUT2D eigenvalue weighted by Gasteiger charge is -2.08. The quantitative estimate of drug-likeness (QED) is 0.793. The lowest BCUT2D eigenvalue weighted by atomic mass is 10.2. The third kappa shape index (κ3) is 3.16. The SMILES string of the molecule is CCOC(=O)c1nc(-c2cc(OC)ccc2OC)sc1C. The molecule has 0 aliphatic heterocycles. The second-order valence-corrected chi connectivity index (χ2v) is 5.41. The van der Waals surface area contributed by atoms with Crippen LogP contribution in [0.1, 0.15) is 22.3 Å². The van der Waals surface area contributed by atoms with Gasteiger partial charge in [-0.25, -0.2) is 9.78 Å². The van der Waals surface area contributed by atoms with Crippen LogP contribution in [0.2, 0.25) is 0 Å². The van der Waals surface area contributed by atoms with E-state index in [9.17, 15) is 4.79 Å². The first-order chi connectivity index (χ1) is 10.1. The molecule has 2 rings (SSSR count). The van der Waals surface area contributed by atoms with Gasteiger partial charge in [-0.2, -0.15) is 0 Å². The Kier molecular flexibility index (Phi) is 4.80. The number of benzene rings is 1. The predicted molar refractivity (Wildman–Crippen MR) is 81.3 cm³/mol. The first-order valence-corrected chi connectivity index (χ1v) is 7.29. The Labute approximate surface area is 127 Å². The monoisotopic (exact) mass is 307 g/mol. The summed E-state index contributed by atoms with van der Waals surface area (Å²) in [7, 11) is 3.20. The van der Waals surface area contributed by atoms with Crippen molar-refractivity contribution in [2.24, 2.45) is 0 Å². The molecule has 1 aromatic carbocycles. The number of ether oxygens (including phenoxy) is 3. The molecule has 1 heterocycles. The zero-order valence-corrected chi connectivity index (χ0v) is 13.2. The molecule has 1 aromatic heterocycles. The fraction of sp³-hybridized carbons (Fsp3) is 0.333. The smallest absolute Gasteiger partial charge is 0.358 e. The van der Waals surface area contributed by atoms with E-state index in [1.807, 2.05) is 25.1 Å². The van der Waals surface area contributed by atoms with Gasteiger partial charge in [-0.1, -0.05) is 0 Å². The van der Waals surface area contributed by atoms with Crippen LogP contribution in [0.5, 0.6) is 11.5 Å². The van der Waals surface area contributed by atoms with Gasteiger partial charge >= 0.3 is 5.97 Å². The summed E-state index contributed by atoms with van der Waals surface area (Å²) in [5.74, 6) is 0.982. The first-order valence-electron chi connectivity index (χ1n) is 6.47. The molecule has 0 bridgehead atoms. The minimum absolute atomic E-state index is 0.327. The summed E-state index contributed by atoms with van der Waals surface area (Å²) < 4.78 is 15.6. The van der Waals surface area contributed by atoms with Crippen LogP contribution in [0.25, 0.3) is 10.6 Å². The van der Waals surface area contributed by atoms with E-state index in [1.165, 1.54) is 11.3 Å². The Morgan fingerprint density at radius 1 is 1.29 bits per heavy atom. The zero-order valence-electron chi connectivity index (χ0n) is 12.4. The van der Waals surface area contributed by atoms with E-state index in [-0.39, 0.29) is 0 Å². The second kappa shape index (κ2) is 6.58. The summed E-state index contributed by atoms with van der Waals surface area (Å²) in [6.07, 6.45) is 0. The van der Waals surface area contributed by atoms with E-state index in [1.54, 1.807) is 21.1 Å². The van der Waals surface area contributed by atoms with Crippen LogP contribution in [-0.4, -0.2) is 31.8 Å². The van der Waals surface area contributed by atoms with E-state index in [4.69, 9.17) is 14.2 Å². The van der Waals surface area contributed by atoms with Crippen LogP contribution in [0.3, 0.4) is 0 Å². The summed E-state index contributed by atoms with van der Waals surface area (Å²) in [6, 6.07) is 5.47. The Hall–Kier alpha value is -2.08. The van der Waals surface area contributed by atoms with Gasteiger partial charge < -0.3 is 14.2 Å². The van der Waals surface area contributed by atoms with Crippen LogP contribution >= 0.6 is 11.3 Å². The minimum Gasteiger partial charge on any atom is -0.497 e. The molecule has 112 valence electrons. The number of nitrogens with zero attached hydrogens (tertiary/aromatic N) is 1. The van der Waals surface area contributed by atoms with E-state index in [0.29, 0.717) is 28.8 Å². The Bertz CT molecular complexity index is 651. The number of hydrogen-bond acceptors (Lipinski definition) is 6. The fourth-order valence-corrected chi connectivity index (χ4v) is 2.80. The molecule has 0 amide bonds. The molecule has 0 radical (unpaired) electrons. The van der Waals surface area contributed by atoms with Crippen molar-refractivity contribution in [3.63, 3.8) is 0 Å². The molecule has 0 aliphatic carbocycles. The third-order valence-corrected chi connectivity index (χ3v) is 3.91. The highest BCUT2D eigenvalue weighted by Crippen LogP contribution is 2.36. The van der Waals surface area contributed by atoms with Crippen LogP contribution in [0, 0.1) is 6.92 Å². The van der Waals surface area contributed by atoms with Gasteiger partial charge in [-0.3, -0.25) is 0 Å². The molecule has 21 heavy (non-hydrogen) atoms. The van der Waals surface area contributed by atoms with Crippen molar-refractivity contribution in [2.45, 2.75) is 13.8 Å². The van der Waals surface area contributed by atoms with Crippen molar-refractivity contribution in [3.8, 4) is 22.1 Å². The molecule has 0 atom stereocenters. The van der Waals surface area contributed by atoms with Crippen molar-refractivity contribution < 1.29 is 19.0 Å². The lowest BCUT2D eigenvalue weighted by Crippen LogP contribution is -2.06. The minimum atomic E-state index is -0.403. The summed E-state index contributed by atoms with van der Waals surface area (Å²) >= 11 is 1.42. The van der Waals surface area contributed by atoms with Crippen molar-refractivity contribution in [2.75, 3.05) is 20.8 Å². The third-order valence-electron chi connectivity index (χ3n) is 2.90. The van der Waals surface area contributed by atoms with Crippen LogP contribution in [0.4, 0.5) is 0 Å². The molecule has 0 saturated carbocycles. The molecule has 0 fully saturated rings. The molecule has 0 unspecified atom stereocenters. The molecule has 0 spiro atoms. The first kappa shape index (κ1) is 15.3. The van der Waals surface area contributed by atoms with Gasteiger partial charge in [-0.05, 0) is 32.0 Å². The maximum Gasteiger partial charge on any atom is 0.358 e. The highest BCUT2D eigenvalue weighted by molar-refractivity contribution is 7.15. The van der Waals surface area contributed by atoms with Crippen molar-refractivity contribution in [1.82, 2.24) is 4.98 Å². The summed E-state index contributed by atoms with van der Waals surface area (Å²) in [5.41, 5.74) is 1.14. The average Bonchev–Trinajstić information content (AvgIpc) is 2.88. The number of thiazole rings is 1. The second-order valence-electron chi connectivity index (χ2n) is 4.21. The number of carbonyl (C=O) groups excluding carboxylic acids is 1. The highest BCUT2D eigenvalue weighted by Gasteiger charge is 2.19. The molecule has 0 aliphatic rings. The fourth-order valence-electron chi connectivity index (χ4n) is 1.88. The molecule has 0 N–H and O–H groups in total. The summed E-state index contributed by atoms with van der Waals surface area (Å²) in [6.45, 7) is 3.94. The van der Waals surface area contributed by atoms with E-state index in [0.717, 1.165) is 10.4 Å². The maximum atomic E-state index is 11.9. The standard InChI is InChI=1S/C15H17NO4S/c1-5-20-15(17)13-9(2)21-14(16-13)11-8-10(18-3)6-7-12(11)19-4/h6-8H,5H2,1-4H3. The lowest BCUT2D eigenvalue weighted by molar-refractivity contribution is 0.0519. The van der Waals surface area contributed by atoms with Gasteiger partial charge in [0.15, 0.2) is 5.69 Å². The molecule has 6 heteroatoms. The largest absolute Gasteiger partial charge is 0.497 e. The Balaban J connectivity index is 2.47. The maximum absolute atomic E-state index is 11.9. The molecule has 0 saturated heterocycles. The number of rotatable bonds is 5. The highest BCUT2D eigenvalue weighted by atomic mass is 32.1. The van der Waals surface area contributed by atoms with Crippen molar-refractivity contribution >= 4 is 17.3 Å². The molecular formula is C15H17NO4S. The Morgan fingerprint density at radius 3 is 2.67 bits per heavy atom. The number of carbonyl (C=O) groups is 1. The topological polar surface area (TPSA) is 57.7 Å². The molecular weight excluding hydrogens is 290 g/mol. The summed E-state index contributed by atoms with van der Waals surface area (Å²) in [5, 5.41) is 0.700. The van der Waals surface area contributed by atoms with Gasteiger partial charge in [-0.15, -0.1) is 11.3 Å². The number of methoxy groups -OCH3 is 2. The van der Waals surface area contributed by atoms with E-state index in [2.05, 4.69) is 4.98 Å². The average molecular weight is 307 g/mol. The molecule has 5 nitrogen and oxygen atoms in total.